The Morgan fingerprint density at radius 2 is 1.71 bits per heavy atom. The predicted octanol–water partition coefficient (Wildman–Crippen LogP) is 2.42. The van der Waals surface area contributed by atoms with Gasteiger partial charge in [0.1, 0.15) is 15.5 Å². The molecule has 1 fully saturated rings. The zero-order chi connectivity index (χ0) is 25.6. The molecule has 1 atom stereocenters. The number of carbonyl (C=O) groups is 1. The maximum atomic E-state index is 12.9. The molecule has 1 aliphatic heterocycles. The Labute approximate surface area is 207 Å². The third-order valence-electron chi connectivity index (χ3n) is 5.44. The molecule has 10 nitrogen and oxygen atoms in total. The van der Waals surface area contributed by atoms with E-state index in [-0.39, 0.29) is 22.8 Å². The first-order chi connectivity index (χ1) is 16.5. The van der Waals surface area contributed by atoms with Crippen molar-refractivity contribution in [1.82, 2.24) is 14.5 Å². The number of rotatable bonds is 10. The summed E-state index contributed by atoms with van der Waals surface area (Å²) in [6.07, 6.45) is 1.85. The molecule has 192 valence electrons. The number of carbonyl (C=O) groups excluding carboxylic acids is 1. The van der Waals surface area contributed by atoms with Gasteiger partial charge in [-0.3, -0.25) is 0 Å². The van der Waals surface area contributed by atoms with Gasteiger partial charge in [0.2, 0.25) is 10.0 Å². The number of hydrogen-bond donors (Lipinski definition) is 1. The van der Waals surface area contributed by atoms with E-state index in [9.17, 15) is 21.6 Å². The van der Waals surface area contributed by atoms with E-state index in [1.807, 2.05) is 6.92 Å². The normalized spacial score (nSPS) is 16.3. The highest BCUT2D eigenvalue weighted by Crippen LogP contribution is 2.26. The minimum atomic E-state index is -4.43. The lowest BCUT2D eigenvalue weighted by molar-refractivity contribution is 0.0796. The zero-order valence-corrected chi connectivity index (χ0v) is 21.6. The summed E-state index contributed by atoms with van der Waals surface area (Å²) in [5, 5.41) is 2.80. The minimum Gasteiger partial charge on any atom is -0.379 e. The first kappa shape index (κ1) is 26.9. The molecule has 0 radical (unpaired) electrons. The van der Waals surface area contributed by atoms with Crippen molar-refractivity contribution < 1.29 is 30.6 Å². The van der Waals surface area contributed by atoms with E-state index >= 15 is 0 Å². The van der Waals surface area contributed by atoms with E-state index in [1.165, 1.54) is 50.5 Å². The number of hydrogen-bond acceptors (Lipinski definition) is 7. The Bertz CT molecular complexity index is 1220. The van der Waals surface area contributed by atoms with Crippen molar-refractivity contribution >= 4 is 26.2 Å². The lowest BCUT2D eigenvalue weighted by Gasteiger charge is -2.25. The van der Waals surface area contributed by atoms with Crippen molar-refractivity contribution in [3.05, 3.63) is 54.1 Å². The number of nitrogens with zero attached hydrogens (tertiary/aromatic N) is 2. The molecule has 0 aromatic heterocycles. The highest BCUT2D eigenvalue weighted by molar-refractivity contribution is 7.91. The van der Waals surface area contributed by atoms with E-state index in [4.69, 9.17) is 8.92 Å². The van der Waals surface area contributed by atoms with E-state index in [0.29, 0.717) is 26.2 Å². The number of nitrogens with one attached hydrogen (secondary N) is 1. The van der Waals surface area contributed by atoms with Gasteiger partial charge in [-0.05, 0) is 49.6 Å². The summed E-state index contributed by atoms with van der Waals surface area (Å²) in [7, 11) is -5.79. The molecule has 35 heavy (non-hydrogen) atoms. The van der Waals surface area contributed by atoms with Gasteiger partial charge in [-0.15, -0.1) is 0 Å². The maximum absolute atomic E-state index is 12.9. The van der Waals surface area contributed by atoms with Gasteiger partial charge < -0.3 is 19.1 Å². The van der Waals surface area contributed by atoms with Crippen LogP contribution in [0.25, 0.3) is 0 Å². The van der Waals surface area contributed by atoms with Gasteiger partial charge in [-0.2, -0.15) is 8.42 Å². The van der Waals surface area contributed by atoms with Crippen LogP contribution >= 0.6 is 0 Å². The Balaban J connectivity index is 1.77. The molecule has 2 aromatic rings. The second-order valence-electron chi connectivity index (χ2n) is 8.27. The molecule has 12 heteroatoms. The average Bonchev–Trinajstić information content (AvgIpc) is 3.33. The molecule has 2 amide bonds. The molecule has 1 unspecified atom stereocenters. The Morgan fingerprint density at radius 3 is 2.29 bits per heavy atom. The fourth-order valence-electron chi connectivity index (χ4n) is 3.63. The molecule has 1 N–H and O–H groups in total. The van der Waals surface area contributed by atoms with Crippen LogP contribution in [0, 0.1) is 0 Å². The van der Waals surface area contributed by atoms with Gasteiger partial charge >= 0.3 is 16.1 Å². The molecule has 1 aliphatic rings. The van der Waals surface area contributed by atoms with Crippen molar-refractivity contribution in [3.63, 3.8) is 0 Å². The van der Waals surface area contributed by atoms with Gasteiger partial charge in [0, 0.05) is 40.3 Å². The fraction of sp³-hybridized carbons (Fsp3) is 0.435. The summed E-state index contributed by atoms with van der Waals surface area (Å²) in [5.74, 6) is 0.0227. The third-order valence-corrected chi connectivity index (χ3v) is 8.75. The monoisotopic (exact) mass is 525 g/mol. The molecule has 0 aliphatic carbocycles. The molecule has 1 heterocycles. The van der Waals surface area contributed by atoms with Crippen molar-refractivity contribution in [1.29, 1.82) is 0 Å². The Morgan fingerprint density at radius 1 is 1.06 bits per heavy atom. The molecule has 3 rings (SSSR count). The SMILES string of the molecule is CCNC(=O)N(Cc1ccc(OS(=O)(=O)c2ccccc2S(=O)(=O)N(C)C)cc1)CC1CCCO1. The zero-order valence-electron chi connectivity index (χ0n) is 20.0. The summed E-state index contributed by atoms with van der Waals surface area (Å²) in [4.78, 5) is 13.4. The van der Waals surface area contributed by atoms with Crippen molar-refractivity contribution in [3.8, 4) is 5.75 Å². The van der Waals surface area contributed by atoms with Crippen LogP contribution in [-0.2, 0) is 31.4 Å². The Hall–Kier alpha value is -2.67. The van der Waals surface area contributed by atoms with Crippen molar-refractivity contribution in [2.45, 2.75) is 42.2 Å². The quantitative estimate of drug-likeness (QED) is 0.473. The van der Waals surface area contributed by atoms with E-state index in [1.54, 1.807) is 17.0 Å². The lowest BCUT2D eigenvalue weighted by Crippen LogP contribution is -2.43. The highest BCUT2D eigenvalue weighted by Gasteiger charge is 2.29. The van der Waals surface area contributed by atoms with Crippen LogP contribution in [0.1, 0.15) is 25.3 Å². The maximum Gasteiger partial charge on any atom is 0.340 e. The summed E-state index contributed by atoms with van der Waals surface area (Å²) in [6.45, 7) is 3.79. The lowest BCUT2D eigenvalue weighted by atomic mass is 10.2. The minimum absolute atomic E-state index is 0.0103. The topological polar surface area (TPSA) is 122 Å². The van der Waals surface area contributed by atoms with Gasteiger partial charge in [-0.25, -0.2) is 17.5 Å². The molecule has 0 spiro atoms. The predicted molar refractivity (Wildman–Crippen MR) is 130 cm³/mol. The number of amides is 2. The second kappa shape index (κ2) is 11.4. The largest absolute Gasteiger partial charge is 0.379 e. The van der Waals surface area contributed by atoms with Crippen LogP contribution in [0.4, 0.5) is 4.79 Å². The Kier molecular flexibility index (Phi) is 8.75. The first-order valence-electron chi connectivity index (χ1n) is 11.2. The van der Waals surface area contributed by atoms with Crippen molar-refractivity contribution in [2.75, 3.05) is 33.8 Å². The van der Waals surface area contributed by atoms with Gasteiger partial charge in [0.25, 0.3) is 0 Å². The summed E-state index contributed by atoms with van der Waals surface area (Å²) in [6, 6.07) is 11.3. The van der Waals surface area contributed by atoms with Crippen LogP contribution in [0.5, 0.6) is 5.75 Å². The third kappa shape index (κ3) is 6.72. The number of benzene rings is 2. The average molecular weight is 526 g/mol. The molecular formula is C23H31N3O7S2. The summed E-state index contributed by atoms with van der Waals surface area (Å²) >= 11 is 0. The van der Waals surface area contributed by atoms with Crippen LogP contribution in [-0.4, -0.2) is 72.0 Å². The molecule has 0 saturated carbocycles. The van der Waals surface area contributed by atoms with Crippen LogP contribution in [0.2, 0.25) is 0 Å². The summed E-state index contributed by atoms with van der Waals surface area (Å²) < 4.78 is 62.9. The number of ether oxygens (including phenoxy) is 1. The van der Waals surface area contributed by atoms with Gasteiger partial charge in [0.05, 0.1) is 6.10 Å². The second-order valence-corrected chi connectivity index (χ2v) is 11.9. The molecule has 0 bridgehead atoms. The standard InChI is InChI=1S/C23H31N3O7S2/c1-4-24-23(27)26(17-20-8-7-15-32-20)16-18-11-13-19(14-12-18)33-35(30,31)22-10-6-5-9-21(22)34(28,29)25(2)3/h5-6,9-14,20H,4,7-8,15-17H2,1-3H3,(H,24,27). The molecule has 2 aromatic carbocycles. The first-order valence-corrected chi connectivity index (χ1v) is 14.1. The summed E-state index contributed by atoms with van der Waals surface area (Å²) in [5.41, 5.74) is 0.773. The van der Waals surface area contributed by atoms with Crippen LogP contribution in [0.3, 0.4) is 0 Å². The van der Waals surface area contributed by atoms with Crippen LogP contribution in [0.15, 0.2) is 58.3 Å². The molecular weight excluding hydrogens is 494 g/mol. The van der Waals surface area contributed by atoms with Crippen LogP contribution < -0.4 is 9.50 Å². The number of urea groups is 1. The van der Waals surface area contributed by atoms with Crippen molar-refractivity contribution in [2.24, 2.45) is 0 Å². The number of sulfonamides is 1. The van der Waals surface area contributed by atoms with E-state index < -0.39 is 25.0 Å². The smallest absolute Gasteiger partial charge is 0.340 e. The van der Waals surface area contributed by atoms with Gasteiger partial charge in [-0.1, -0.05) is 24.3 Å². The van der Waals surface area contributed by atoms with E-state index in [2.05, 4.69) is 5.32 Å². The molecule has 1 saturated heterocycles. The highest BCUT2D eigenvalue weighted by atomic mass is 32.2. The fourth-order valence-corrected chi connectivity index (χ4v) is 6.23. The van der Waals surface area contributed by atoms with E-state index in [0.717, 1.165) is 22.7 Å². The van der Waals surface area contributed by atoms with Gasteiger partial charge in [0.15, 0.2) is 0 Å².